The second kappa shape index (κ2) is 3.90. The summed E-state index contributed by atoms with van der Waals surface area (Å²) in [6, 6.07) is 0. The lowest BCUT2D eigenvalue weighted by Crippen LogP contribution is -2.35. The van der Waals surface area contributed by atoms with Gasteiger partial charge in [-0.25, -0.2) is 0 Å². The van der Waals surface area contributed by atoms with Crippen LogP contribution in [0.2, 0.25) is 0 Å². The molecule has 0 heterocycles. The molecule has 14 heavy (non-hydrogen) atoms. The van der Waals surface area contributed by atoms with Gasteiger partial charge in [0.25, 0.3) is 0 Å². The van der Waals surface area contributed by atoms with Gasteiger partial charge in [-0.2, -0.15) is 0 Å². The molecule has 0 saturated heterocycles. The molecule has 0 aromatic carbocycles. The molecule has 78 valence electrons. The molecule has 2 aliphatic rings. The number of rotatable bonds is 1. The van der Waals surface area contributed by atoms with Crippen molar-refractivity contribution in [1.82, 2.24) is 0 Å². The van der Waals surface area contributed by atoms with E-state index in [0.29, 0.717) is 0 Å². The lowest BCUT2D eigenvalue weighted by Gasteiger charge is -2.38. The largest absolute Gasteiger partial charge is 0.378 e. The number of allylic oxidation sites excluding steroid dienone is 1. The zero-order valence-corrected chi connectivity index (χ0v) is 9.14. The highest BCUT2D eigenvalue weighted by molar-refractivity contribution is 5.29. The molecule has 0 spiro atoms. The van der Waals surface area contributed by atoms with Crippen molar-refractivity contribution in [2.45, 2.75) is 50.5 Å². The van der Waals surface area contributed by atoms with Gasteiger partial charge in [-0.15, -0.1) is 0 Å². The van der Waals surface area contributed by atoms with E-state index in [4.69, 9.17) is 4.74 Å². The first-order valence-corrected chi connectivity index (χ1v) is 5.66. The van der Waals surface area contributed by atoms with Crippen LogP contribution in [0.5, 0.6) is 0 Å². The van der Waals surface area contributed by atoms with Gasteiger partial charge in [0.1, 0.15) is 0 Å². The van der Waals surface area contributed by atoms with Crippen molar-refractivity contribution in [3.8, 4) is 0 Å². The molecule has 1 atom stereocenters. The van der Waals surface area contributed by atoms with Crippen LogP contribution in [0.1, 0.15) is 44.9 Å². The fourth-order valence-corrected chi connectivity index (χ4v) is 2.84. The summed E-state index contributed by atoms with van der Waals surface area (Å²) in [5.41, 5.74) is 2.92. The van der Waals surface area contributed by atoms with Crippen molar-refractivity contribution in [3.63, 3.8) is 0 Å². The predicted molar refractivity (Wildman–Crippen MR) is 59.3 cm³/mol. The molecule has 1 heteroatoms. The molecule has 1 fully saturated rings. The van der Waals surface area contributed by atoms with Crippen LogP contribution in [-0.2, 0) is 4.74 Å². The quantitative estimate of drug-likeness (QED) is 0.616. The van der Waals surface area contributed by atoms with Crippen molar-refractivity contribution in [2.75, 3.05) is 7.11 Å². The third-order valence-corrected chi connectivity index (χ3v) is 3.57. The highest BCUT2D eigenvalue weighted by Crippen LogP contribution is 2.40. The third-order valence-electron chi connectivity index (χ3n) is 3.57. The molecule has 0 aromatic rings. The van der Waals surface area contributed by atoms with Crippen LogP contribution in [0.3, 0.4) is 0 Å². The SMILES string of the molecule is C=C1C=C2CCCCCC(OC)(C1)C2. The Hall–Kier alpha value is -0.560. The van der Waals surface area contributed by atoms with Gasteiger partial charge in [-0.05, 0) is 25.7 Å². The van der Waals surface area contributed by atoms with E-state index in [1.807, 2.05) is 7.11 Å². The summed E-state index contributed by atoms with van der Waals surface area (Å²) in [5, 5.41) is 0. The topological polar surface area (TPSA) is 9.23 Å². The molecule has 0 N–H and O–H groups in total. The maximum Gasteiger partial charge on any atom is 0.0755 e. The van der Waals surface area contributed by atoms with Crippen LogP contribution >= 0.6 is 0 Å². The Morgan fingerprint density at radius 1 is 1.29 bits per heavy atom. The highest BCUT2D eigenvalue weighted by Gasteiger charge is 2.34. The minimum Gasteiger partial charge on any atom is -0.378 e. The Labute approximate surface area is 86.8 Å². The van der Waals surface area contributed by atoms with Crippen LogP contribution < -0.4 is 0 Å². The Morgan fingerprint density at radius 3 is 2.93 bits per heavy atom. The van der Waals surface area contributed by atoms with Crippen molar-refractivity contribution in [2.24, 2.45) is 0 Å². The average molecular weight is 192 g/mol. The van der Waals surface area contributed by atoms with Gasteiger partial charge in [0.05, 0.1) is 5.60 Å². The molecule has 0 amide bonds. The molecular weight excluding hydrogens is 172 g/mol. The number of ether oxygens (including phenoxy) is 1. The number of fused-ring (bicyclic) bond motifs is 2. The summed E-state index contributed by atoms with van der Waals surface area (Å²) in [6.07, 6.45) is 10.9. The molecule has 2 aliphatic carbocycles. The van der Waals surface area contributed by atoms with Crippen LogP contribution in [0.15, 0.2) is 23.8 Å². The summed E-state index contributed by atoms with van der Waals surface area (Å²) in [4.78, 5) is 0. The van der Waals surface area contributed by atoms with Crippen molar-refractivity contribution in [3.05, 3.63) is 23.8 Å². The lowest BCUT2D eigenvalue weighted by atomic mass is 9.76. The van der Waals surface area contributed by atoms with Crippen LogP contribution in [0.4, 0.5) is 0 Å². The van der Waals surface area contributed by atoms with Crippen molar-refractivity contribution in [1.29, 1.82) is 0 Å². The molecule has 2 bridgehead atoms. The molecule has 0 radical (unpaired) electrons. The first-order valence-electron chi connectivity index (χ1n) is 5.66. The van der Waals surface area contributed by atoms with E-state index >= 15 is 0 Å². The first-order chi connectivity index (χ1) is 6.74. The van der Waals surface area contributed by atoms with Crippen molar-refractivity contribution < 1.29 is 4.74 Å². The normalized spacial score (nSPS) is 33.2. The second-order valence-electron chi connectivity index (χ2n) is 4.76. The monoisotopic (exact) mass is 192 g/mol. The van der Waals surface area contributed by atoms with Crippen LogP contribution in [-0.4, -0.2) is 12.7 Å². The van der Waals surface area contributed by atoms with E-state index in [9.17, 15) is 0 Å². The van der Waals surface area contributed by atoms with Gasteiger partial charge in [0.2, 0.25) is 0 Å². The van der Waals surface area contributed by atoms with Gasteiger partial charge in [-0.3, -0.25) is 0 Å². The van der Waals surface area contributed by atoms with E-state index < -0.39 is 0 Å². The maximum atomic E-state index is 5.75. The highest BCUT2D eigenvalue weighted by atomic mass is 16.5. The Bertz CT molecular complexity index is 264. The minimum atomic E-state index is 0.0988. The Balaban J connectivity index is 2.23. The maximum absolute atomic E-state index is 5.75. The first kappa shape index (κ1) is 9.97. The third kappa shape index (κ3) is 1.93. The van der Waals surface area contributed by atoms with Gasteiger partial charge in [0, 0.05) is 13.5 Å². The van der Waals surface area contributed by atoms with E-state index in [2.05, 4.69) is 12.7 Å². The van der Waals surface area contributed by atoms with Gasteiger partial charge in [-0.1, -0.05) is 36.6 Å². The Kier molecular flexibility index (Phi) is 2.78. The molecule has 0 aliphatic heterocycles. The zero-order valence-electron chi connectivity index (χ0n) is 9.14. The smallest absolute Gasteiger partial charge is 0.0755 e. The van der Waals surface area contributed by atoms with E-state index in [1.54, 1.807) is 5.57 Å². The molecule has 0 aromatic heterocycles. The van der Waals surface area contributed by atoms with E-state index in [-0.39, 0.29) is 5.60 Å². The molecule has 1 unspecified atom stereocenters. The number of hydrogen-bond acceptors (Lipinski definition) is 1. The molecule has 1 nitrogen and oxygen atoms in total. The summed E-state index contributed by atoms with van der Waals surface area (Å²) in [5.74, 6) is 0. The summed E-state index contributed by atoms with van der Waals surface area (Å²) >= 11 is 0. The van der Waals surface area contributed by atoms with Gasteiger partial charge >= 0.3 is 0 Å². The molecule has 2 rings (SSSR count). The summed E-state index contributed by atoms with van der Waals surface area (Å²) < 4.78 is 5.75. The summed E-state index contributed by atoms with van der Waals surface area (Å²) in [7, 11) is 1.86. The molecular formula is C13H20O. The molecule has 1 saturated carbocycles. The van der Waals surface area contributed by atoms with Crippen LogP contribution in [0, 0.1) is 0 Å². The zero-order chi connectivity index (χ0) is 10.0. The van der Waals surface area contributed by atoms with Crippen molar-refractivity contribution >= 4 is 0 Å². The fraction of sp³-hybridized carbons (Fsp3) is 0.692. The average Bonchev–Trinajstić information content (AvgIpc) is 2.14. The van der Waals surface area contributed by atoms with Crippen LogP contribution in [0.25, 0.3) is 0 Å². The number of methoxy groups -OCH3 is 1. The lowest BCUT2D eigenvalue weighted by molar-refractivity contribution is -0.0229. The predicted octanol–water partition coefficient (Wildman–Crippen LogP) is 3.61. The van der Waals surface area contributed by atoms with Gasteiger partial charge < -0.3 is 4.74 Å². The second-order valence-corrected chi connectivity index (χ2v) is 4.76. The fourth-order valence-electron chi connectivity index (χ4n) is 2.84. The summed E-state index contributed by atoms with van der Waals surface area (Å²) in [6.45, 7) is 4.11. The standard InChI is InChI=1S/C13H20O/c1-11-8-12-6-4-3-5-7-13(9-11,10-12)14-2/h8H,1,3-7,9-10H2,2H3. The van der Waals surface area contributed by atoms with E-state index in [0.717, 1.165) is 12.8 Å². The van der Waals surface area contributed by atoms with E-state index in [1.165, 1.54) is 37.7 Å². The van der Waals surface area contributed by atoms with Gasteiger partial charge in [0.15, 0.2) is 0 Å². The minimum absolute atomic E-state index is 0.0988. The number of hydrogen-bond donors (Lipinski definition) is 0. The Morgan fingerprint density at radius 2 is 2.14 bits per heavy atom.